The largest absolute Gasteiger partial charge is 0.481 e. The minimum absolute atomic E-state index is 0.367. The molecule has 4 nitrogen and oxygen atoms in total. The van der Waals surface area contributed by atoms with Crippen molar-refractivity contribution < 1.29 is 19.4 Å². The minimum atomic E-state index is -1.04. The molecular weight excluding hydrogens is 220 g/mol. The smallest absolute Gasteiger partial charge is 0.321 e. The molecule has 1 atom stereocenters. The number of hydrogen-bond donors (Lipinski definition) is 1. The van der Waals surface area contributed by atoms with E-state index in [2.05, 4.69) is 13.8 Å². The average Bonchev–Trinajstić information content (AvgIpc) is 2.56. The zero-order valence-corrected chi connectivity index (χ0v) is 10.4. The van der Waals surface area contributed by atoms with Crippen molar-refractivity contribution in [3.05, 3.63) is 0 Å². The molecule has 1 saturated heterocycles. The van der Waals surface area contributed by atoms with E-state index in [-0.39, 0.29) is 0 Å². The Morgan fingerprint density at radius 1 is 1.41 bits per heavy atom. The van der Waals surface area contributed by atoms with Crippen LogP contribution in [0.4, 0.5) is 0 Å². The summed E-state index contributed by atoms with van der Waals surface area (Å²) < 4.78 is 5.37. The van der Waals surface area contributed by atoms with Crippen LogP contribution in [0.3, 0.4) is 0 Å². The number of ether oxygens (including phenoxy) is 1. The number of rotatable bonds is 2. The van der Waals surface area contributed by atoms with Crippen molar-refractivity contribution in [2.45, 2.75) is 51.6 Å². The summed E-state index contributed by atoms with van der Waals surface area (Å²) in [7, 11) is 0. The van der Waals surface area contributed by atoms with Crippen molar-refractivity contribution in [2.24, 2.45) is 17.8 Å². The minimum Gasteiger partial charge on any atom is -0.481 e. The van der Waals surface area contributed by atoms with Crippen LogP contribution in [-0.4, -0.2) is 22.6 Å². The predicted molar refractivity (Wildman–Crippen MR) is 61.4 cm³/mol. The first-order chi connectivity index (χ1) is 7.93. The number of carboxylic acids is 1. The quantitative estimate of drug-likeness (QED) is 0.593. The molecule has 0 aromatic carbocycles. The molecule has 96 valence electrons. The van der Waals surface area contributed by atoms with E-state index in [1.54, 1.807) is 0 Å². The van der Waals surface area contributed by atoms with Crippen LogP contribution >= 0.6 is 0 Å². The zero-order chi connectivity index (χ0) is 12.6. The molecule has 0 bridgehead atoms. The van der Waals surface area contributed by atoms with Gasteiger partial charge in [-0.1, -0.05) is 13.8 Å². The Hall–Kier alpha value is -1.06. The summed E-state index contributed by atoms with van der Waals surface area (Å²) in [6, 6.07) is 0. The highest BCUT2D eigenvalue weighted by Gasteiger charge is 2.51. The van der Waals surface area contributed by atoms with E-state index < -0.39 is 23.5 Å². The lowest BCUT2D eigenvalue weighted by Crippen LogP contribution is -2.35. The summed E-state index contributed by atoms with van der Waals surface area (Å²) in [6.07, 6.45) is 4.09. The topological polar surface area (TPSA) is 63.6 Å². The molecule has 0 radical (unpaired) electrons. The van der Waals surface area contributed by atoms with Gasteiger partial charge in [-0.05, 0) is 37.5 Å². The summed E-state index contributed by atoms with van der Waals surface area (Å²) in [4.78, 5) is 22.4. The molecule has 0 amide bonds. The number of hydrogen-bond acceptors (Lipinski definition) is 3. The van der Waals surface area contributed by atoms with Crippen molar-refractivity contribution >= 4 is 11.9 Å². The van der Waals surface area contributed by atoms with Gasteiger partial charge in [-0.3, -0.25) is 9.59 Å². The van der Waals surface area contributed by atoms with Gasteiger partial charge in [-0.15, -0.1) is 0 Å². The molecule has 0 aromatic rings. The second-order valence-electron chi connectivity index (χ2n) is 5.78. The third-order valence-electron chi connectivity index (χ3n) is 4.36. The van der Waals surface area contributed by atoms with Gasteiger partial charge in [-0.25, -0.2) is 0 Å². The second-order valence-corrected chi connectivity index (χ2v) is 5.78. The van der Waals surface area contributed by atoms with Crippen LogP contribution in [0.2, 0.25) is 0 Å². The van der Waals surface area contributed by atoms with Crippen molar-refractivity contribution in [3.63, 3.8) is 0 Å². The summed E-state index contributed by atoms with van der Waals surface area (Å²) in [5.74, 6) is -1.19. The summed E-state index contributed by atoms with van der Waals surface area (Å²) in [5, 5.41) is 8.94. The van der Waals surface area contributed by atoms with Crippen LogP contribution in [-0.2, 0) is 14.3 Å². The number of aliphatic carboxylic acids is 1. The van der Waals surface area contributed by atoms with Crippen molar-refractivity contribution in [3.8, 4) is 0 Å². The predicted octanol–water partition coefficient (Wildman–Crippen LogP) is 2.22. The molecule has 1 aliphatic heterocycles. The van der Waals surface area contributed by atoms with Crippen LogP contribution in [0.1, 0.15) is 46.0 Å². The molecule has 2 aliphatic rings. The fourth-order valence-corrected chi connectivity index (χ4v) is 3.11. The molecule has 2 rings (SSSR count). The normalized spacial score (nSPS) is 37.5. The number of carbonyl (C=O) groups is 2. The molecule has 2 fully saturated rings. The zero-order valence-electron chi connectivity index (χ0n) is 10.4. The van der Waals surface area contributed by atoms with E-state index in [9.17, 15) is 9.59 Å². The molecule has 4 heteroatoms. The number of esters is 1. The van der Waals surface area contributed by atoms with Gasteiger partial charge in [0.1, 0.15) is 5.60 Å². The second kappa shape index (κ2) is 4.31. The van der Waals surface area contributed by atoms with Gasteiger partial charge in [0.2, 0.25) is 0 Å². The number of carbonyl (C=O) groups excluding carboxylic acids is 1. The molecule has 1 saturated carbocycles. The Labute approximate surface area is 101 Å². The lowest BCUT2D eigenvalue weighted by molar-refractivity contribution is -0.157. The Balaban J connectivity index is 2.00. The Bertz CT molecular complexity index is 326. The van der Waals surface area contributed by atoms with Crippen LogP contribution in [0, 0.1) is 17.8 Å². The maximum absolute atomic E-state index is 11.5. The number of carboxylic acid groups (broad SMARTS) is 1. The van der Waals surface area contributed by atoms with Gasteiger partial charge in [0, 0.05) is 6.42 Å². The molecule has 1 N–H and O–H groups in total. The van der Waals surface area contributed by atoms with Crippen LogP contribution < -0.4 is 0 Å². The van der Waals surface area contributed by atoms with E-state index in [4.69, 9.17) is 9.84 Å². The van der Waals surface area contributed by atoms with Gasteiger partial charge in [0.15, 0.2) is 5.92 Å². The molecule has 1 aliphatic carbocycles. The molecule has 0 aromatic heterocycles. The van der Waals surface area contributed by atoms with Crippen molar-refractivity contribution in [1.82, 2.24) is 0 Å². The lowest BCUT2D eigenvalue weighted by atomic mass is 9.73. The third-order valence-corrected chi connectivity index (χ3v) is 4.36. The summed E-state index contributed by atoms with van der Waals surface area (Å²) >= 11 is 0. The maximum Gasteiger partial charge on any atom is 0.321 e. The van der Waals surface area contributed by atoms with Crippen LogP contribution in [0.5, 0.6) is 0 Å². The van der Waals surface area contributed by atoms with Crippen molar-refractivity contribution in [2.75, 3.05) is 0 Å². The van der Waals surface area contributed by atoms with Gasteiger partial charge < -0.3 is 9.84 Å². The highest BCUT2D eigenvalue weighted by Crippen LogP contribution is 2.45. The molecule has 1 unspecified atom stereocenters. The molecule has 1 heterocycles. The third kappa shape index (κ3) is 2.31. The lowest BCUT2D eigenvalue weighted by Gasteiger charge is -2.37. The van der Waals surface area contributed by atoms with E-state index in [0.717, 1.165) is 25.7 Å². The molecule has 17 heavy (non-hydrogen) atoms. The maximum atomic E-state index is 11.5. The van der Waals surface area contributed by atoms with E-state index in [0.29, 0.717) is 18.3 Å². The van der Waals surface area contributed by atoms with E-state index in [1.807, 2.05) is 0 Å². The Morgan fingerprint density at radius 3 is 2.41 bits per heavy atom. The van der Waals surface area contributed by atoms with Gasteiger partial charge in [-0.2, -0.15) is 0 Å². The fraction of sp³-hybridized carbons (Fsp3) is 0.846. The first-order valence-corrected chi connectivity index (χ1v) is 6.39. The van der Waals surface area contributed by atoms with Gasteiger partial charge in [0.05, 0.1) is 0 Å². The molecule has 1 spiro atoms. The Kier molecular flexibility index (Phi) is 3.15. The SMILES string of the molecule is CC(C)C1CCC2(CC1)CC(C(=O)O)C(=O)O2. The first kappa shape index (κ1) is 12.4. The van der Waals surface area contributed by atoms with Crippen LogP contribution in [0.25, 0.3) is 0 Å². The van der Waals surface area contributed by atoms with Crippen LogP contribution in [0.15, 0.2) is 0 Å². The molecular formula is C13H20O4. The van der Waals surface area contributed by atoms with Gasteiger partial charge in [0.25, 0.3) is 0 Å². The van der Waals surface area contributed by atoms with Crippen molar-refractivity contribution in [1.29, 1.82) is 0 Å². The summed E-state index contributed by atoms with van der Waals surface area (Å²) in [5.41, 5.74) is -0.467. The van der Waals surface area contributed by atoms with Gasteiger partial charge >= 0.3 is 11.9 Å². The summed E-state index contributed by atoms with van der Waals surface area (Å²) in [6.45, 7) is 4.42. The highest BCUT2D eigenvalue weighted by atomic mass is 16.6. The van der Waals surface area contributed by atoms with E-state index >= 15 is 0 Å². The monoisotopic (exact) mass is 240 g/mol. The Morgan fingerprint density at radius 2 is 2.00 bits per heavy atom. The standard InChI is InChI=1S/C13H20O4/c1-8(2)9-3-5-13(6-4-9)7-10(11(14)15)12(16)17-13/h8-10H,3-7H2,1-2H3,(H,14,15). The van der Waals surface area contributed by atoms with E-state index in [1.165, 1.54) is 0 Å². The fourth-order valence-electron chi connectivity index (χ4n) is 3.11. The average molecular weight is 240 g/mol. The highest BCUT2D eigenvalue weighted by molar-refractivity contribution is 5.95. The first-order valence-electron chi connectivity index (χ1n) is 6.39.